The summed E-state index contributed by atoms with van der Waals surface area (Å²) in [6.07, 6.45) is 1.88. The van der Waals surface area contributed by atoms with Crippen molar-refractivity contribution in [2.24, 2.45) is 12.0 Å². The molecule has 1 heterocycles. The highest BCUT2D eigenvalue weighted by Gasteiger charge is 2.11. The van der Waals surface area contributed by atoms with Crippen molar-refractivity contribution in [2.75, 3.05) is 41.3 Å². The van der Waals surface area contributed by atoms with Crippen LogP contribution in [0, 0.1) is 0 Å². The van der Waals surface area contributed by atoms with E-state index < -0.39 is 0 Å². The molecular weight excluding hydrogens is 515 g/mol. The molecule has 1 aromatic heterocycles. The number of rotatable bonds is 8. The number of nitrogens with one attached hydrogen (secondary N) is 2. The first-order chi connectivity index (χ1) is 13.8. The number of likely N-dealkylation sites (N-methyl/N-ethyl adjacent to an activating group) is 1. The van der Waals surface area contributed by atoms with E-state index in [9.17, 15) is 4.79 Å². The Morgan fingerprint density at radius 3 is 2.53 bits per heavy atom. The van der Waals surface area contributed by atoms with Crippen LogP contribution >= 0.6 is 35.6 Å². The van der Waals surface area contributed by atoms with Crippen LogP contribution in [0.5, 0.6) is 0 Å². The van der Waals surface area contributed by atoms with Crippen molar-refractivity contribution in [3.63, 3.8) is 0 Å². The number of carbonyl (C=O) groups is 1. The number of aryl methyl sites for hydroxylation is 1. The first-order valence-electron chi connectivity index (χ1n) is 9.54. The van der Waals surface area contributed by atoms with Crippen molar-refractivity contribution in [3.05, 3.63) is 58.4 Å². The Bertz CT molecular complexity index is 852. The van der Waals surface area contributed by atoms with Crippen LogP contribution in [-0.4, -0.2) is 67.5 Å². The van der Waals surface area contributed by atoms with E-state index >= 15 is 0 Å². The van der Waals surface area contributed by atoms with Crippen LogP contribution in [0.25, 0.3) is 0 Å². The van der Waals surface area contributed by atoms with Gasteiger partial charge in [-0.25, -0.2) is 0 Å². The molecule has 0 saturated heterocycles. The normalized spacial score (nSPS) is 11.2. The van der Waals surface area contributed by atoms with Gasteiger partial charge in [0.25, 0.3) is 5.91 Å². The van der Waals surface area contributed by atoms with Crippen LogP contribution in [0.4, 0.5) is 0 Å². The van der Waals surface area contributed by atoms with Crippen LogP contribution in [0.3, 0.4) is 0 Å². The van der Waals surface area contributed by atoms with Crippen LogP contribution in [-0.2, 0) is 20.1 Å². The SMILES string of the molecule is CN=C(NCc1cccc(C(=O)NCCN(C)C)c1)N(C)Cc1cc(Cl)cn1C.I. The van der Waals surface area contributed by atoms with Crippen molar-refractivity contribution in [1.82, 2.24) is 25.0 Å². The molecule has 1 aromatic carbocycles. The molecule has 0 spiro atoms. The minimum Gasteiger partial charge on any atom is -0.352 e. The van der Waals surface area contributed by atoms with Crippen LogP contribution < -0.4 is 10.6 Å². The molecule has 30 heavy (non-hydrogen) atoms. The third-order valence-electron chi connectivity index (χ3n) is 4.53. The lowest BCUT2D eigenvalue weighted by molar-refractivity contribution is 0.0951. The second-order valence-electron chi connectivity index (χ2n) is 7.28. The lowest BCUT2D eigenvalue weighted by atomic mass is 10.1. The molecular formula is C21H32ClIN6O. The van der Waals surface area contributed by atoms with Crippen molar-refractivity contribution in [2.45, 2.75) is 13.1 Å². The number of aromatic nitrogens is 1. The Morgan fingerprint density at radius 2 is 1.93 bits per heavy atom. The summed E-state index contributed by atoms with van der Waals surface area (Å²) in [5.74, 6) is 0.707. The van der Waals surface area contributed by atoms with Gasteiger partial charge in [-0.15, -0.1) is 24.0 Å². The molecule has 2 N–H and O–H groups in total. The number of nitrogens with zero attached hydrogens (tertiary/aromatic N) is 4. The maximum Gasteiger partial charge on any atom is 0.251 e. The van der Waals surface area contributed by atoms with Crippen LogP contribution in [0.15, 0.2) is 41.5 Å². The Balaban J connectivity index is 0.00000450. The standard InChI is InChI=1S/C21H31ClN6O.HI/c1-23-21(28(5)15-19-12-18(22)14-27(19)4)25-13-16-7-6-8-17(11-16)20(29)24-9-10-26(2)3;/h6-8,11-12,14H,9-10,13,15H2,1-5H3,(H,23,25)(H,24,29);1H. The van der Waals surface area contributed by atoms with Crippen LogP contribution in [0.2, 0.25) is 5.02 Å². The average molecular weight is 547 g/mol. The first-order valence-corrected chi connectivity index (χ1v) is 9.92. The summed E-state index contributed by atoms with van der Waals surface area (Å²) in [5, 5.41) is 7.01. The van der Waals surface area contributed by atoms with Gasteiger partial charge < -0.3 is 25.0 Å². The molecule has 0 radical (unpaired) electrons. The smallest absolute Gasteiger partial charge is 0.251 e. The number of benzene rings is 1. The van der Waals surface area contributed by atoms with Gasteiger partial charge in [-0.2, -0.15) is 0 Å². The number of amides is 1. The molecule has 0 atom stereocenters. The van der Waals surface area contributed by atoms with Crippen molar-refractivity contribution >= 4 is 47.4 Å². The topological polar surface area (TPSA) is 64.9 Å². The minimum atomic E-state index is -0.0595. The summed E-state index contributed by atoms with van der Waals surface area (Å²) < 4.78 is 2.00. The van der Waals surface area contributed by atoms with Gasteiger partial charge in [0.1, 0.15) is 0 Å². The largest absolute Gasteiger partial charge is 0.352 e. The van der Waals surface area contributed by atoms with Gasteiger partial charge in [-0.05, 0) is 37.9 Å². The molecule has 0 saturated carbocycles. The highest BCUT2D eigenvalue weighted by Crippen LogP contribution is 2.14. The molecule has 166 valence electrons. The molecule has 0 aliphatic carbocycles. The Kier molecular flexibility index (Phi) is 11.2. The van der Waals surface area contributed by atoms with Crippen molar-refractivity contribution < 1.29 is 4.79 Å². The van der Waals surface area contributed by atoms with E-state index in [1.165, 1.54) is 0 Å². The van der Waals surface area contributed by atoms with Gasteiger partial charge in [0, 0.05) is 58.2 Å². The Hall–Kier alpha value is -1.78. The summed E-state index contributed by atoms with van der Waals surface area (Å²) >= 11 is 6.07. The van der Waals surface area contributed by atoms with Crippen molar-refractivity contribution in [3.8, 4) is 0 Å². The third-order valence-corrected chi connectivity index (χ3v) is 4.74. The Labute approximate surface area is 201 Å². The molecule has 9 heteroatoms. The van der Waals surface area contributed by atoms with Crippen LogP contribution in [0.1, 0.15) is 21.6 Å². The lowest BCUT2D eigenvalue weighted by Gasteiger charge is -2.22. The van der Waals surface area contributed by atoms with Gasteiger partial charge in [0.15, 0.2) is 5.96 Å². The highest BCUT2D eigenvalue weighted by atomic mass is 127. The summed E-state index contributed by atoms with van der Waals surface area (Å²) in [5.41, 5.74) is 2.77. The predicted molar refractivity (Wildman–Crippen MR) is 135 cm³/mol. The Morgan fingerprint density at radius 1 is 1.20 bits per heavy atom. The third kappa shape index (κ3) is 8.16. The minimum absolute atomic E-state index is 0. The van der Waals surface area contributed by atoms with Gasteiger partial charge in [-0.1, -0.05) is 23.7 Å². The maximum absolute atomic E-state index is 12.3. The fraction of sp³-hybridized carbons (Fsp3) is 0.429. The zero-order valence-corrected chi connectivity index (χ0v) is 21.4. The predicted octanol–water partition coefficient (Wildman–Crippen LogP) is 2.80. The molecule has 0 aliphatic heterocycles. The number of guanidine groups is 1. The van der Waals surface area contributed by atoms with E-state index in [2.05, 4.69) is 15.6 Å². The number of hydrogen-bond acceptors (Lipinski definition) is 3. The molecule has 0 fully saturated rings. The van der Waals surface area contributed by atoms with Crippen molar-refractivity contribution in [1.29, 1.82) is 0 Å². The van der Waals surface area contributed by atoms with Gasteiger partial charge in [0.05, 0.1) is 11.6 Å². The van der Waals surface area contributed by atoms with Gasteiger partial charge in [-0.3, -0.25) is 9.79 Å². The van der Waals surface area contributed by atoms with E-state index in [0.717, 1.165) is 28.8 Å². The van der Waals surface area contributed by atoms with E-state index in [1.807, 2.05) is 79.1 Å². The number of halogens is 2. The zero-order chi connectivity index (χ0) is 21.4. The molecule has 1 amide bonds. The molecule has 0 unspecified atom stereocenters. The molecule has 0 bridgehead atoms. The van der Waals surface area contributed by atoms with Gasteiger partial charge >= 0.3 is 0 Å². The van der Waals surface area contributed by atoms with E-state index in [1.54, 1.807) is 7.05 Å². The zero-order valence-electron chi connectivity index (χ0n) is 18.3. The second-order valence-corrected chi connectivity index (χ2v) is 7.71. The molecule has 0 aliphatic rings. The molecule has 2 aromatic rings. The fourth-order valence-electron chi connectivity index (χ4n) is 2.92. The highest BCUT2D eigenvalue weighted by molar-refractivity contribution is 14.0. The summed E-state index contributed by atoms with van der Waals surface area (Å²) in [6, 6.07) is 9.57. The maximum atomic E-state index is 12.3. The van der Waals surface area contributed by atoms with Gasteiger partial charge in [0.2, 0.25) is 0 Å². The molecule has 2 rings (SSSR count). The first kappa shape index (κ1) is 26.3. The monoisotopic (exact) mass is 546 g/mol. The summed E-state index contributed by atoms with van der Waals surface area (Å²) in [4.78, 5) is 20.7. The number of carbonyl (C=O) groups excluding carboxylic acids is 1. The summed E-state index contributed by atoms with van der Waals surface area (Å²) in [6.45, 7) is 2.68. The van der Waals surface area contributed by atoms with E-state index in [-0.39, 0.29) is 29.9 Å². The second kappa shape index (κ2) is 12.8. The average Bonchev–Trinajstić information content (AvgIpc) is 2.99. The van der Waals surface area contributed by atoms with E-state index in [0.29, 0.717) is 25.2 Å². The summed E-state index contributed by atoms with van der Waals surface area (Å²) in [7, 11) is 9.67. The number of hydrogen-bond donors (Lipinski definition) is 2. The number of aliphatic imine (C=N–C) groups is 1. The quantitative estimate of drug-likeness (QED) is 0.304. The lowest BCUT2D eigenvalue weighted by Crippen LogP contribution is -2.38. The molecule has 7 nitrogen and oxygen atoms in total. The fourth-order valence-corrected chi connectivity index (χ4v) is 3.20. The van der Waals surface area contributed by atoms with E-state index in [4.69, 9.17) is 11.6 Å².